The maximum absolute atomic E-state index is 13.1. The number of nitrogens with zero attached hydrogens (tertiary/aromatic N) is 2. The second-order valence-corrected chi connectivity index (χ2v) is 7.03. The molecule has 0 saturated carbocycles. The lowest BCUT2D eigenvalue weighted by atomic mass is 10.2. The van der Waals surface area contributed by atoms with E-state index in [0.717, 1.165) is 5.56 Å². The molecule has 0 aliphatic carbocycles. The van der Waals surface area contributed by atoms with Gasteiger partial charge in [0.05, 0.1) is 29.8 Å². The van der Waals surface area contributed by atoms with E-state index in [0.29, 0.717) is 40.7 Å². The van der Waals surface area contributed by atoms with Crippen LogP contribution in [0.15, 0.2) is 52.4 Å². The number of esters is 1. The molecular weight excluding hydrogens is 380 g/mol. The Morgan fingerprint density at radius 3 is 2.89 bits per heavy atom. The lowest BCUT2D eigenvalue weighted by molar-refractivity contribution is -0.139. The molecule has 2 heterocycles. The first-order valence-corrected chi connectivity index (χ1v) is 9.81. The van der Waals surface area contributed by atoms with Crippen LogP contribution in [0.4, 0.5) is 0 Å². The highest BCUT2D eigenvalue weighted by molar-refractivity contribution is 7.99. The zero-order valence-corrected chi connectivity index (χ0v) is 16.0. The average Bonchev–Trinajstić information content (AvgIpc) is 3.17. The van der Waals surface area contributed by atoms with Gasteiger partial charge in [-0.1, -0.05) is 30.0 Å². The number of carbonyl (C=O) groups is 1. The molecule has 7 nitrogen and oxygen atoms in total. The van der Waals surface area contributed by atoms with E-state index in [1.807, 2.05) is 30.3 Å². The molecule has 0 atom stereocenters. The summed E-state index contributed by atoms with van der Waals surface area (Å²) in [4.78, 5) is 29.5. The molecule has 0 fully saturated rings. The first kappa shape index (κ1) is 18.4. The molecule has 1 aliphatic rings. The predicted octanol–water partition coefficient (Wildman–Crippen LogP) is 2.83. The van der Waals surface area contributed by atoms with Gasteiger partial charge in [0.25, 0.3) is 5.56 Å². The van der Waals surface area contributed by atoms with Gasteiger partial charge in [-0.05, 0) is 36.8 Å². The van der Waals surface area contributed by atoms with Crippen molar-refractivity contribution in [1.82, 2.24) is 9.55 Å². The number of thioether (sulfide) groups is 1. The van der Waals surface area contributed by atoms with E-state index in [-0.39, 0.29) is 24.1 Å². The number of para-hydroxylation sites is 1. The van der Waals surface area contributed by atoms with E-state index in [4.69, 9.17) is 14.2 Å². The summed E-state index contributed by atoms with van der Waals surface area (Å²) in [5.41, 5.74) is 1.32. The van der Waals surface area contributed by atoms with Gasteiger partial charge in [0.1, 0.15) is 0 Å². The molecule has 28 heavy (non-hydrogen) atoms. The summed E-state index contributed by atoms with van der Waals surface area (Å²) in [6.45, 7) is 2.57. The van der Waals surface area contributed by atoms with Crippen LogP contribution in [0.25, 0.3) is 10.9 Å². The molecule has 4 rings (SSSR count). The number of rotatable bonds is 6. The molecule has 144 valence electrons. The zero-order chi connectivity index (χ0) is 19.5. The summed E-state index contributed by atoms with van der Waals surface area (Å²) in [6, 6.07) is 12.7. The molecular formula is C20H18N2O5S. The number of carbonyl (C=O) groups excluding carboxylic acids is 1. The smallest absolute Gasteiger partial charge is 0.316 e. The van der Waals surface area contributed by atoms with Crippen molar-refractivity contribution in [3.05, 3.63) is 58.4 Å². The Hall–Kier alpha value is -3.00. The van der Waals surface area contributed by atoms with Crippen molar-refractivity contribution < 1.29 is 19.0 Å². The number of benzene rings is 2. The highest BCUT2D eigenvalue weighted by Crippen LogP contribution is 2.33. The number of fused-ring (bicyclic) bond motifs is 2. The average molecular weight is 398 g/mol. The van der Waals surface area contributed by atoms with E-state index in [9.17, 15) is 9.59 Å². The van der Waals surface area contributed by atoms with Gasteiger partial charge in [0, 0.05) is 0 Å². The minimum Gasteiger partial charge on any atom is -0.465 e. The molecule has 0 spiro atoms. The molecule has 0 amide bonds. The van der Waals surface area contributed by atoms with E-state index in [1.165, 1.54) is 11.8 Å². The fourth-order valence-corrected chi connectivity index (χ4v) is 3.74. The van der Waals surface area contributed by atoms with Crippen LogP contribution in [0.2, 0.25) is 0 Å². The van der Waals surface area contributed by atoms with Crippen molar-refractivity contribution in [3.8, 4) is 11.5 Å². The van der Waals surface area contributed by atoms with Crippen LogP contribution < -0.4 is 15.0 Å². The molecule has 0 N–H and O–H groups in total. The standard InChI is InChI=1S/C20H18N2O5S/c1-2-25-18(23)11-28-20-21-15-6-4-3-5-14(15)19(24)22(20)10-13-7-8-16-17(9-13)27-12-26-16/h3-9H,2,10-12H2,1H3. The summed E-state index contributed by atoms with van der Waals surface area (Å²) in [6.07, 6.45) is 0. The van der Waals surface area contributed by atoms with Gasteiger partial charge in [0.2, 0.25) is 6.79 Å². The second-order valence-electron chi connectivity index (χ2n) is 6.08. The molecule has 2 aromatic carbocycles. The molecule has 1 aromatic heterocycles. The molecule has 0 unspecified atom stereocenters. The normalized spacial score (nSPS) is 12.3. The Kier molecular flexibility index (Phi) is 5.21. The van der Waals surface area contributed by atoms with Crippen molar-refractivity contribution in [2.75, 3.05) is 19.2 Å². The summed E-state index contributed by atoms with van der Waals surface area (Å²) in [5.74, 6) is 1.08. The first-order chi connectivity index (χ1) is 13.7. The Labute approximate surface area is 165 Å². The number of hydrogen-bond acceptors (Lipinski definition) is 7. The van der Waals surface area contributed by atoms with E-state index in [2.05, 4.69) is 4.98 Å². The van der Waals surface area contributed by atoms with Gasteiger partial charge in [0.15, 0.2) is 16.7 Å². The van der Waals surface area contributed by atoms with Gasteiger partial charge in [-0.2, -0.15) is 0 Å². The molecule has 0 saturated heterocycles. The summed E-state index contributed by atoms with van der Waals surface area (Å²) in [5, 5.41) is 0.998. The van der Waals surface area contributed by atoms with E-state index < -0.39 is 0 Å². The predicted molar refractivity (Wildman–Crippen MR) is 105 cm³/mol. The summed E-state index contributed by atoms with van der Waals surface area (Å²) >= 11 is 1.19. The van der Waals surface area contributed by atoms with Gasteiger partial charge in [-0.3, -0.25) is 14.2 Å². The largest absolute Gasteiger partial charge is 0.465 e. The second kappa shape index (κ2) is 7.93. The minimum atomic E-state index is -0.343. The van der Waals surface area contributed by atoms with Crippen molar-refractivity contribution >= 4 is 28.6 Å². The van der Waals surface area contributed by atoms with Gasteiger partial charge in [-0.15, -0.1) is 0 Å². The maximum atomic E-state index is 13.1. The third-order valence-electron chi connectivity index (χ3n) is 4.23. The highest BCUT2D eigenvalue weighted by Gasteiger charge is 2.17. The minimum absolute atomic E-state index is 0.0831. The third-order valence-corrected chi connectivity index (χ3v) is 5.18. The number of hydrogen-bond donors (Lipinski definition) is 0. The summed E-state index contributed by atoms with van der Waals surface area (Å²) < 4.78 is 17.3. The van der Waals surface area contributed by atoms with Crippen LogP contribution in [0.1, 0.15) is 12.5 Å². The monoisotopic (exact) mass is 398 g/mol. The van der Waals surface area contributed by atoms with Crippen LogP contribution in [0, 0.1) is 0 Å². The van der Waals surface area contributed by atoms with Crippen molar-refractivity contribution in [2.24, 2.45) is 0 Å². The topological polar surface area (TPSA) is 79.7 Å². The van der Waals surface area contributed by atoms with Crippen molar-refractivity contribution in [2.45, 2.75) is 18.6 Å². The Bertz CT molecular complexity index is 1100. The van der Waals surface area contributed by atoms with E-state index in [1.54, 1.807) is 23.6 Å². The SMILES string of the molecule is CCOC(=O)CSc1nc2ccccc2c(=O)n1Cc1ccc2c(c1)OCO2. The summed E-state index contributed by atoms with van der Waals surface area (Å²) in [7, 11) is 0. The highest BCUT2D eigenvalue weighted by atomic mass is 32.2. The lowest BCUT2D eigenvalue weighted by Crippen LogP contribution is -2.24. The van der Waals surface area contributed by atoms with E-state index >= 15 is 0 Å². The van der Waals surface area contributed by atoms with Crippen LogP contribution in [-0.4, -0.2) is 34.7 Å². The van der Waals surface area contributed by atoms with Crippen LogP contribution in [0.5, 0.6) is 11.5 Å². The Morgan fingerprint density at radius 2 is 2.04 bits per heavy atom. The number of aromatic nitrogens is 2. The molecule has 0 bridgehead atoms. The maximum Gasteiger partial charge on any atom is 0.316 e. The molecule has 1 aliphatic heterocycles. The van der Waals surface area contributed by atoms with Crippen molar-refractivity contribution in [1.29, 1.82) is 0 Å². The van der Waals surface area contributed by atoms with Gasteiger partial charge < -0.3 is 14.2 Å². The molecule has 3 aromatic rings. The van der Waals surface area contributed by atoms with Gasteiger partial charge in [-0.25, -0.2) is 4.98 Å². The third kappa shape index (κ3) is 3.68. The fourth-order valence-electron chi connectivity index (χ4n) is 2.95. The Balaban J connectivity index is 1.72. The zero-order valence-electron chi connectivity index (χ0n) is 15.2. The van der Waals surface area contributed by atoms with Crippen LogP contribution >= 0.6 is 11.8 Å². The van der Waals surface area contributed by atoms with Gasteiger partial charge >= 0.3 is 5.97 Å². The quantitative estimate of drug-likeness (QED) is 0.359. The number of ether oxygens (including phenoxy) is 3. The van der Waals surface area contributed by atoms with Crippen LogP contribution in [-0.2, 0) is 16.1 Å². The Morgan fingerprint density at radius 1 is 1.21 bits per heavy atom. The molecule has 8 heteroatoms. The van der Waals surface area contributed by atoms with Crippen molar-refractivity contribution in [3.63, 3.8) is 0 Å². The van der Waals surface area contributed by atoms with Crippen LogP contribution in [0.3, 0.4) is 0 Å². The lowest BCUT2D eigenvalue weighted by Gasteiger charge is -2.13. The fraction of sp³-hybridized carbons (Fsp3) is 0.250. The molecule has 0 radical (unpaired) electrons. The first-order valence-electron chi connectivity index (χ1n) is 8.82.